The Morgan fingerprint density at radius 1 is 1.33 bits per heavy atom. The Morgan fingerprint density at radius 2 is 2.20 bits per heavy atom. The highest BCUT2D eigenvalue weighted by Gasteiger charge is 2.17. The van der Waals surface area contributed by atoms with E-state index in [4.69, 9.17) is 5.73 Å². The normalized spacial score (nSPS) is 20.5. The van der Waals surface area contributed by atoms with Gasteiger partial charge in [0.05, 0.1) is 0 Å². The molecule has 15 heavy (non-hydrogen) atoms. The minimum Gasteiger partial charge on any atom is -0.344 e. The van der Waals surface area contributed by atoms with Gasteiger partial charge in [-0.15, -0.1) is 0 Å². The Bertz CT molecular complexity index is 510. The van der Waals surface area contributed by atoms with E-state index >= 15 is 0 Å². The number of aromatic nitrogens is 1. The zero-order valence-electron chi connectivity index (χ0n) is 9.03. The smallest absolute Gasteiger partial charge is 0.0485 e. The number of nitrogens with zero attached hydrogens (tertiary/aromatic N) is 1. The summed E-state index contributed by atoms with van der Waals surface area (Å²) in [6, 6.07) is 9.29. The van der Waals surface area contributed by atoms with E-state index in [9.17, 15) is 0 Å². The van der Waals surface area contributed by atoms with Gasteiger partial charge >= 0.3 is 0 Å². The molecular formula is C13H16N2. The molecule has 1 aromatic heterocycles. The lowest BCUT2D eigenvalue weighted by atomic mass is 10.1. The van der Waals surface area contributed by atoms with Crippen LogP contribution in [0.1, 0.15) is 17.7 Å². The van der Waals surface area contributed by atoms with Crippen LogP contribution in [0.4, 0.5) is 0 Å². The summed E-state index contributed by atoms with van der Waals surface area (Å²) in [5.41, 5.74) is 10.1. The molecule has 1 aromatic carbocycles. The number of aryl methyl sites for hydroxylation is 2. The highest BCUT2D eigenvalue weighted by Crippen LogP contribution is 2.25. The fourth-order valence-corrected chi connectivity index (χ4v) is 2.52. The SMILES string of the molecule is Cc1ccc2cc3n(c2c1)CCC(N)C3. The molecule has 0 saturated heterocycles. The Hall–Kier alpha value is -1.28. The molecule has 1 aliphatic heterocycles. The molecule has 0 spiro atoms. The summed E-state index contributed by atoms with van der Waals surface area (Å²) in [5.74, 6) is 0. The standard InChI is InChI=1S/C13H16N2/c1-9-2-3-10-7-12-8-11(14)4-5-15(12)13(10)6-9/h2-3,6-7,11H,4-5,8,14H2,1H3. The number of fused-ring (bicyclic) bond motifs is 3. The summed E-state index contributed by atoms with van der Waals surface area (Å²) >= 11 is 0. The summed E-state index contributed by atoms with van der Waals surface area (Å²) in [4.78, 5) is 0. The van der Waals surface area contributed by atoms with Crippen molar-refractivity contribution in [3.8, 4) is 0 Å². The number of hydrogen-bond donors (Lipinski definition) is 1. The van der Waals surface area contributed by atoms with Crippen LogP contribution in [0, 0.1) is 6.92 Å². The first-order chi connectivity index (χ1) is 7.24. The van der Waals surface area contributed by atoms with Crippen molar-refractivity contribution in [3.05, 3.63) is 35.5 Å². The summed E-state index contributed by atoms with van der Waals surface area (Å²) < 4.78 is 2.42. The third-order valence-electron chi connectivity index (χ3n) is 3.34. The first kappa shape index (κ1) is 8.98. The predicted molar refractivity (Wildman–Crippen MR) is 63.0 cm³/mol. The molecule has 1 unspecified atom stereocenters. The van der Waals surface area contributed by atoms with Gasteiger partial charge in [-0.2, -0.15) is 0 Å². The van der Waals surface area contributed by atoms with E-state index in [0.717, 1.165) is 19.4 Å². The van der Waals surface area contributed by atoms with Gasteiger partial charge in [0.2, 0.25) is 0 Å². The second-order valence-corrected chi connectivity index (χ2v) is 4.60. The van der Waals surface area contributed by atoms with Crippen molar-refractivity contribution in [2.45, 2.75) is 32.4 Å². The van der Waals surface area contributed by atoms with E-state index in [2.05, 4.69) is 35.8 Å². The zero-order valence-corrected chi connectivity index (χ0v) is 9.03. The average molecular weight is 200 g/mol. The van der Waals surface area contributed by atoms with Gasteiger partial charge in [-0.25, -0.2) is 0 Å². The van der Waals surface area contributed by atoms with Crippen LogP contribution in [0.5, 0.6) is 0 Å². The van der Waals surface area contributed by atoms with Gasteiger partial charge in [0.25, 0.3) is 0 Å². The molecule has 2 nitrogen and oxygen atoms in total. The van der Waals surface area contributed by atoms with Gasteiger partial charge in [-0.1, -0.05) is 12.1 Å². The van der Waals surface area contributed by atoms with Gasteiger partial charge in [-0.05, 0) is 36.4 Å². The number of hydrogen-bond acceptors (Lipinski definition) is 1. The molecule has 2 heteroatoms. The lowest BCUT2D eigenvalue weighted by Crippen LogP contribution is -2.30. The van der Waals surface area contributed by atoms with Gasteiger partial charge in [0, 0.05) is 30.2 Å². The maximum atomic E-state index is 5.99. The second-order valence-electron chi connectivity index (χ2n) is 4.60. The largest absolute Gasteiger partial charge is 0.344 e. The van der Waals surface area contributed by atoms with Gasteiger partial charge in [0.15, 0.2) is 0 Å². The van der Waals surface area contributed by atoms with Crippen molar-refractivity contribution in [1.29, 1.82) is 0 Å². The molecule has 0 saturated carbocycles. The average Bonchev–Trinajstić information content (AvgIpc) is 2.54. The lowest BCUT2D eigenvalue weighted by Gasteiger charge is -2.21. The van der Waals surface area contributed by atoms with E-state index in [-0.39, 0.29) is 0 Å². The molecule has 3 rings (SSSR count). The Morgan fingerprint density at radius 3 is 3.07 bits per heavy atom. The monoisotopic (exact) mass is 200 g/mol. The molecule has 1 aliphatic rings. The molecule has 2 aromatic rings. The molecule has 2 heterocycles. The van der Waals surface area contributed by atoms with Crippen LogP contribution < -0.4 is 5.73 Å². The molecule has 0 amide bonds. The summed E-state index contributed by atoms with van der Waals surface area (Å²) in [6.45, 7) is 3.22. The summed E-state index contributed by atoms with van der Waals surface area (Å²) in [5, 5.41) is 1.35. The summed E-state index contributed by atoms with van der Waals surface area (Å²) in [6.07, 6.45) is 2.12. The fourth-order valence-electron chi connectivity index (χ4n) is 2.52. The molecular weight excluding hydrogens is 184 g/mol. The first-order valence-corrected chi connectivity index (χ1v) is 5.58. The van der Waals surface area contributed by atoms with Crippen molar-refractivity contribution in [1.82, 2.24) is 4.57 Å². The Labute approximate surface area is 89.7 Å². The van der Waals surface area contributed by atoms with Crippen molar-refractivity contribution < 1.29 is 0 Å². The maximum absolute atomic E-state index is 5.99. The second kappa shape index (κ2) is 3.11. The summed E-state index contributed by atoms with van der Waals surface area (Å²) in [7, 11) is 0. The lowest BCUT2D eigenvalue weighted by molar-refractivity contribution is 0.480. The number of nitrogens with two attached hydrogens (primary N) is 1. The van der Waals surface area contributed by atoms with Gasteiger partial charge in [-0.3, -0.25) is 0 Å². The molecule has 0 fully saturated rings. The first-order valence-electron chi connectivity index (χ1n) is 5.58. The minimum atomic E-state index is 0.350. The zero-order chi connectivity index (χ0) is 10.4. The Kier molecular flexibility index (Phi) is 1.86. The third kappa shape index (κ3) is 1.37. The van der Waals surface area contributed by atoms with Gasteiger partial charge < -0.3 is 10.3 Å². The van der Waals surface area contributed by atoms with Crippen molar-refractivity contribution >= 4 is 10.9 Å². The fraction of sp³-hybridized carbons (Fsp3) is 0.385. The number of benzene rings is 1. The highest BCUT2D eigenvalue weighted by atomic mass is 15.0. The van der Waals surface area contributed by atoms with Crippen LogP contribution in [0.25, 0.3) is 10.9 Å². The molecule has 0 radical (unpaired) electrons. The number of rotatable bonds is 0. The maximum Gasteiger partial charge on any atom is 0.0485 e. The molecule has 78 valence electrons. The van der Waals surface area contributed by atoms with Crippen LogP contribution in [0.15, 0.2) is 24.3 Å². The van der Waals surface area contributed by atoms with Crippen LogP contribution in [-0.2, 0) is 13.0 Å². The third-order valence-corrected chi connectivity index (χ3v) is 3.34. The molecule has 0 aliphatic carbocycles. The highest BCUT2D eigenvalue weighted by molar-refractivity contribution is 5.82. The topological polar surface area (TPSA) is 30.9 Å². The van der Waals surface area contributed by atoms with E-state index in [0.29, 0.717) is 6.04 Å². The van der Waals surface area contributed by atoms with Crippen LogP contribution in [0.3, 0.4) is 0 Å². The predicted octanol–water partition coefficient (Wildman–Crippen LogP) is 2.22. The van der Waals surface area contributed by atoms with Crippen molar-refractivity contribution in [3.63, 3.8) is 0 Å². The minimum absolute atomic E-state index is 0.350. The molecule has 1 atom stereocenters. The van der Waals surface area contributed by atoms with Crippen LogP contribution >= 0.6 is 0 Å². The van der Waals surface area contributed by atoms with E-state index in [1.165, 1.54) is 22.2 Å². The van der Waals surface area contributed by atoms with Crippen molar-refractivity contribution in [2.75, 3.05) is 0 Å². The van der Waals surface area contributed by atoms with Gasteiger partial charge in [0.1, 0.15) is 0 Å². The molecule has 2 N–H and O–H groups in total. The van der Waals surface area contributed by atoms with Crippen LogP contribution in [-0.4, -0.2) is 10.6 Å². The van der Waals surface area contributed by atoms with E-state index in [1.54, 1.807) is 0 Å². The quantitative estimate of drug-likeness (QED) is 0.694. The van der Waals surface area contributed by atoms with Crippen LogP contribution in [0.2, 0.25) is 0 Å². The van der Waals surface area contributed by atoms with Crippen molar-refractivity contribution in [2.24, 2.45) is 5.73 Å². The Balaban J connectivity index is 2.24. The van der Waals surface area contributed by atoms with E-state index < -0.39 is 0 Å². The van der Waals surface area contributed by atoms with E-state index in [1.807, 2.05) is 0 Å². The molecule has 0 bridgehead atoms.